The predicted octanol–water partition coefficient (Wildman–Crippen LogP) is 3.70. The summed E-state index contributed by atoms with van der Waals surface area (Å²) in [6, 6.07) is 8.32. The average molecular weight is 453 g/mol. The van der Waals surface area contributed by atoms with Gasteiger partial charge in [-0.15, -0.1) is 0 Å². The second kappa shape index (κ2) is 9.58. The summed E-state index contributed by atoms with van der Waals surface area (Å²) < 4.78 is 24.2. The fourth-order valence-corrected chi connectivity index (χ4v) is 7.49. The van der Waals surface area contributed by atoms with Crippen LogP contribution < -0.4 is 0 Å². The number of rotatable bonds is 6. The number of sulfone groups is 1. The number of likely N-dealkylation sites (tertiary alicyclic amines) is 1. The Balaban J connectivity index is 1.46. The maximum Gasteiger partial charge on any atom is 0.237 e. The molecule has 1 saturated carbocycles. The number of hydrogen-bond acceptors (Lipinski definition) is 4. The number of hydrogen-bond donors (Lipinski definition) is 0. The monoisotopic (exact) mass is 452 g/mol. The van der Waals surface area contributed by atoms with E-state index in [-0.39, 0.29) is 29.5 Å². The Morgan fingerprint density at radius 2 is 1.80 bits per heavy atom. The molecule has 2 atom stereocenters. The van der Waals surface area contributed by atoms with E-state index < -0.39 is 9.84 Å². The van der Waals surface area contributed by atoms with Crippen molar-refractivity contribution >= 4 is 27.3 Å². The molecule has 2 aliphatic heterocycles. The van der Waals surface area contributed by atoms with Gasteiger partial charge in [-0.3, -0.25) is 9.69 Å². The molecule has 0 radical (unpaired) electrons. The summed E-state index contributed by atoms with van der Waals surface area (Å²) in [5.41, 5.74) is 1.13. The van der Waals surface area contributed by atoms with Gasteiger partial charge in [-0.25, -0.2) is 8.42 Å². The molecule has 0 spiro atoms. The van der Waals surface area contributed by atoms with Crippen LogP contribution in [-0.4, -0.2) is 66.8 Å². The molecule has 0 bridgehead atoms. The van der Waals surface area contributed by atoms with E-state index in [0.29, 0.717) is 19.0 Å². The van der Waals surface area contributed by atoms with Crippen molar-refractivity contribution in [3.63, 3.8) is 0 Å². The van der Waals surface area contributed by atoms with Crippen LogP contribution >= 0.6 is 11.6 Å². The van der Waals surface area contributed by atoms with Gasteiger partial charge in [-0.2, -0.15) is 0 Å². The number of carbonyl (C=O) groups is 1. The highest BCUT2D eigenvalue weighted by Crippen LogP contribution is 2.30. The first-order chi connectivity index (χ1) is 14.4. The van der Waals surface area contributed by atoms with Crippen LogP contribution in [0.1, 0.15) is 56.9 Å². The molecular weight excluding hydrogens is 420 g/mol. The molecule has 1 aromatic rings. The van der Waals surface area contributed by atoms with Crippen LogP contribution in [0.25, 0.3) is 0 Å². The standard InChI is InChI=1S/C23H33ClN2O3S/c24-22-11-5-4-7-18(22)15-20-10-6-13-25(20)16-23(27)26(19-8-2-1-3-9-19)21-12-14-30(28,29)17-21/h4-5,7,11,19-21H,1-3,6,8-10,12-17H2/t20-,21-/m1/s1. The molecule has 0 aromatic heterocycles. The third kappa shape index (κ3) is 5.20. The summed E-state index contributed by atoms with van der Waals surface area (Å²) in [4.78, 5) is 17.8. The van der Waals surface area contributed by atoms with Gasteiger partial charge >= 0.3 is 0 Å². The van der Waals surface area contributed by atoms with E-state index in [1.165, 1.54) is 6.42 Å². The van der Waals surface area contributed by atoms with Crippen LogP contribution in [0.4, 0.5) is 0 Å². The molecule has 2 saturated heterocycles. The molecule has 166 valence electrons. The zero-order chi connectivity index (χ0) is 21.1. The molecule has 30 heavy (non-hydrogen) atoms. The Morgan fingerprint density at radius 1 is 1.03 bits per heavy atom. The van der Waals surface area contributed by atoms with Crippen molar-refractivity contribution in [3.8, 4) is 0 Å². The summed E-state index contributed by atoms with van der Waals surface area (Å²) in [6.45, 7) is 1.31. The molecule has 0 N–H and O–H groups in total. The van der Waals surface area contributed by atoms with Gasteiger partial charge in [-0.1, -0.05) is 49.1 Å². The highest BCUT2D eigenvalue weighted by Gasteiger charge is 2.39. The fraction of sp³-hybridized carbons (Fsp3) is 0.696. The maximum absolute atomic E-state index is 13.5. The number of halogens is 1. The molecule has 0 unspecified atom stereocenters. The first-order valence-electron chi connectivity index (χ1n) is 11.4. The number of nitrogens with zero attached hydrogens (tertiary/aromatic N) is 2. The quantitative estimate of drug-likeness (QED) is 0.660. The van der Waals surface area contributed by atoms with Crippen LogP contribution in [0.15, 0.2) is 24.3 Å². The summed E-state index contributed by atoms with van der Waals surface area (Å²) in [5.74, 6) is 0.473. The molecule has 3 aliphatic rings. The van der Waals surface area contributed by atoms with Gasteiger partial charge < -0.3 is 4.90 Å². The van der Waals surface area contributed by atoms with E-state index >= 15 is 0 Å². The normalized spacial score (nSPS) is 27.4. The van der Waals surface area contributed by atoms with Crippen molar-refractivity contribution in [1.29, 1.82) is 0 Å². The van der Waals surface area contributed by atoms with Crippen molar-refractivity contribution in [3.05, 3.63) is 34.9 Å². The Bertz CT molecular complexity index is 854. The van der Waals surface area contributed by atoms with Crippen LogP contribution in [0.3, 0.4) is 0 Å². The predicted molar refractivity (Wildman–Crippen MR) is 121 cm³/mol. The third-order valence-electron chi connectivity index (χ3n) is 7.11. The topological polar surface area (TPSA) is 57.7 Å². The molecule has 1 aromatic carbocycles. The SMILES string of the molecule is O=C(CN1CCC[C@@H]1Cc1ccccc1Cl)N(C1CCCCC1)[C@@H]1CCS(=O)(=O)C1. The fourth-order valence-electron chi connectivity index (χ4n) is 5.57. The zero-order valence-corrected chi connectivity index (χ0v) is 19.2. The van der Waals surface area contributed by atoms with Crippen LogP contribution in [0.5, 0.6) is 0 Å². The van der Waals surface area contributed by atoms with Gasteiger partial charge in [0, 0.05) is 23.1 Å². The molecule has 4 rings (SSSR count). The third-order valence-corrected chi connectivity index (χ3v) is 9.23. The van der Waals surface area contributed by atoms with Crippen molar-refractivity contribution in [1.82, 2.24) is 9.80 Å². The Kier molecular flexibility index (Phi) is 7.05. The van der Waals surface area contributed by atoms with E-state index in [4.69, 9.17) is 11.6 Å². The highest BCUT2D eigenvalue weighted by atomic mass is 35.5. The van der Waals surface area contributed by atoms with Gasteiger partial charge in [0.05, 0.1) is 18.1 Å². The number of benzene rings is 1. The molecule has 1 amide bonds. The minimum Gasteiger partial charge on any atom is -0.335 e. The van der Waals surface area contributed by atoms with Crippen molar-refractivity contribution in [2.24, 2.45) is 0 Å². The Morgan fingerprint density at radius 3 is 2.50 bits per heavy atom. The second-order valence-corrected chi connectivity index (χ2v) is 11.8. The maximum atomic E-state index is 13.5. The summed E-state index contributed by atoms with van der Waals surface area (Å²) in [5, 5.41) is 0.788. The summed E-state index contributed by atoms with van der Waals surface area (Å²) in [6.07, 6.45) is 9.09. The molecule has 3 fully saturated rings. The van der Waals surface area contributed by atoms with E-state index in [1.54, 1.807) is 0 Å². The minimum atomic E-state index is -3.02. The number of amides is 1. The van der Waals surface area contributed by atoms with Gasteiger partial charge in [0.1, 0.15) is 0 Å². The lowest BCUT2D eigenvalue weighted by Gasteiger charge is -2.39. The van der Waals surface area contributed by atoms with Crippen molar-refractivity contribution in [2.45, 2.75) is 75.9 Å². The van der Waals surface area contributed by atoms with E-state index in [0.717, 1.165) is 62.1 Å². The number of carbonyl (C=O) groups excluding carboxylic acids is 1. The highest BCUT2D eigenvalue weighted by molar-refractivity contribution is 7.91. The lowest BCUT2D eigenvalue weighted by atomic mass is 9.92. The van der Waals surface area contributed by atoms with Gasteiger partial charge in [0.25, 0.3) is 0 Å². The molecular formula is C23H33ClN2O3S. The van der Waals surface area contributed by atoms with Crippen LogP contribution in [0, 0.1) is 0 Å². The molecule has 5 nitrogen and oxygen atoms in total. The Hall–Kier alpha value is -1.11. The lowest BCUT2D eigenvalue weighted by Crippen LogP contribution is -2.52. The van der Waals surface area contributed by atoms with Crippen LogP contribution in [-0.2, 0) is 21.1 Å². The first-order valence-corrected chi connectivity index (χ1v) is 13.6. The second-order valence-electron chi connectivity index (χ2n) is 9.21. The van der Waals surface area contributed by atoms with Gasteiger partial charge in [0.15, 0.2) is 9.84 Å². The molecule has 1 aliphatic carbocycles. The van der Waals surface area contributed by atoms with E-state index in [2.05, 4.69) is 11.0 Å². The lowest BCUT2D eigenvalue weighted by molar-refractivity contribution is -0.138. The summed E-state index contributed by atoms with van der Waals surface area (Å²) >= 11 is 6.37. The minimum absolute atomic E-state index is 0.120. The van der Waals surface area contributed by atoms with E-state index in [1.807, 2.05) is 23.1 Å². The average Bonchev–Trinajstić information content (AvgIpc) is 3.30. The van der Waals surface area contributed by atoms with Crippen molar-refractivity contribution in [2.75, 3.05) is 24.6 Å². The molecule has 2 heterocycles. The largest absolute Gasteiger partial charge is 0.335 e. The zero-order valence-electron chi connectivity index (χ0n) is 17.6. The smallest absolute Gasteiger partial charge is 0.237 e. The van der Waals surface area contributed by atoms with Gasteiger partial charge in [0.2, 0.25) is 5.91 Å². The molecule has 7 heteroatoms. The van der Waals surface area contributed by atoms with E-state index in [9.17, 15) is 13.2 Å². The Labute approximate surface area is 185 Å². The van der Waals surface area contributed by atoms with Crippen molar-refractivity contribution < 1.29 is 13.2 Å². The summed E-state index contributed by atoms with van der Waals surface area (Å²) in [7, 11) is -3.02. The van der Waals surface area contributed by atoms with Crippen LogP contribution in [0.2, 0.25) is 5.02 Å². The first kappa shape index (κ1) is 22.1. The van der Waals surface area contributed by atoms with Gasteiger partial charge in [-0.05, 0) is 56.7 Å².